The Kier molecular flexibility index (Phi) is 9.70. The molecule has 3 atom stereocenters. The van der Waals surface area contributed by atoms with Crippen LogP contribution in [0.2, 0.25) is 0 Å². The van der Waals surface area contributed by atoms with E-state index in [1.165, 1.54) is 18.5 Å². The highest BCUT2D eigenvalue weighted by molar-refractivity contribution is 5.74. The summed E-state index contributed by atoms with van der Waals surface area (Å²) in [5, 5.41) is 3.46. The maximum Gasteiger partial charge on any atom is 0.219 e. The van der Waals surface area contributed by atoms with Gasteiger partial charge in [0.25, 0.3) is 0 Å². The van der Waals surface area contributed by atoms with Crippen molar-refractivity contribution in [1.29, 1.82) is 0 Å². The smallest absolute Gasteiger partial charge is 0.219 e. The van der Waals surface area contributed by atoms with Gasteiger partial charge in [0.2, 0.25) is 5.91 Å². The molecule has 2 aliphatic rings. The Morgan fingerprint density at radius 1 is 1.43 bits per heavy atom. The molecule has 2 heterocycles. The zero-order valence-corrected chi connectivity index (χ0v) is 19.5. The number of rotatable bonds is 11. The van der Waals surface area contributed by atoms with Gasteiger partial charge < -0.3 is 19.9 Å². The third-order valence-corrected chi connectivity index (χ3v) is 6.30. The van der Waals surface area contributed by atoms with Crippen LogP contribution in [0.5, 0.6) is 0 Å². The summed E-state index contributed by atoms with van der Waals surface area (Å²) in [6, 6.07) is 0.311. The first-order valence-electron chi connectivity index (χ1n) is 11.4. The average molecular weight is 416 g/mol. The van der Waals surface area contributed by atoms with Crippen LogP contribution in [-0.4, -0.2) is 54.6 Å². The van der Waals surface area contributed by atoms with Gasteiger partial charge in [0.15, 0.2) is 0 Å². The molecule has 0 saturated carbocycles. The van der Waals surface area contributed by atoms with Crippen LogP contribution in [-0.2, 0) is 9.53 Å². The molecule has 2 aliphatic heterocycles. The van der Waals surface area contributed by atoms with Crippen LogP contribution in [0.4, 0.5) is 0 Å². The summed E-state index contributed by atoms with van der Waals surface area (Å²) in [6.45, 7) is 20.4. The molecule has 0 spiro atoms. The molecule has 5 heteroatoms. The van der Waals surface area contributed by atoms with Gasteiger partial charge in [-0.3, -0.25) is 4.79 Å². The van der Waals surface area contributed by atoms with Gasteiger partial charge >= 0.3 is 0 Å². The molecule has 0 aliphatic carbocycles. The number of ether oxygens (including phenoxy) is 1. The van der Waals surface area contributed by atoms with E-state index in [-0.39, 0.29) is 5.91 Å². The highest BCUT2D eigenvalue weighted by Gasteiger charge is 2.29. The molecule has 1 amide bonds. The van der Waals surface area contributed by atoms with Crippen LogP contribution in [0.15, 0.2) is 48.5 Å². The molecule has 0 bridgehead atoms. The first kappa shape index (κ1) is 24.3. The average Bonchev–Trinajstić information content (AvgIpc) is 3.26. The lowest BCUT2D eigenvalue weighted by atomic mass is 9.95. The fourth-order valence-corrected chi connectivity index (χ4v) is 4.27. The molecule has 0 radical (unpaired) electrons. The Morgan fingerprint density at radius 2 is 2.20 bits per heavy atom. The molecule has 1 N–H and O–H groups in total. The van der Waals surface area contributed by atoms with Crippen LogP contribution in [0, 0.1) is 11.8 Å². The maximum absolute atomic E-state index is 12.0. The van der Waals surface area contributed by atoms with E-state index < -0.39 is 0 Å². The van der Waals surface area contributed by atoms with E-state index in [4.69, 9.17) is 4.74 Å². The number of amides is 1. The molecule has 0 aromatic heterocycles. The van der Waals surface area contributed by atoms with Crippen molar-refractivity contribution in [3.05, 3.63) is 48.5 Å². The molecule has 1 saturated heterocycles. The van der Waals surface area contributed by atoms with Gasteiger partial charge in [-0.05, 0) is 30.9 Å². The maximum atomic E-state index is 12.0. The van der Waals surface area contributed by atoms with Crippen molar-refractivity contribution in [3.8, 4) is 0 Å². The molecule has 0 aromatic rings. The van der Waals surface area contributed by atoms with Crippen molar-refractivity contribution < 1.29 is 9.53 Å². The van der Waals surface area contributed by atoms with Gasteiger partial charge in [-0.1, -0.05) is 52.5 Å². The third-order valence-electron chi connectivity index (χ3n) is 6.30. The molecule has 0 aromatic carbocycles. The summed E-state index contributed by atoms with van der Waals surface area (Å²) in [6.07, 6.45) is 10.6. The summed E-state index contributed by atoms with van der Waals surface area (Å²) in [5.74, 6) is 1.43. The highest BCUT2D eigenvalue weighted by Crippen LogP contribution is 2.29. The van der Waals surface area contributed by atoms with E-state index in [0.717, 1.165) is 56.3 Å². The van der Waals surface area contributed by atoms with Gasteiger partial charge in [-0.25, -0.2) is 0 Å². The van der Waals surface area contributed by atoms with E-state index in [2.05, 4.69) is 56.3 Å². The predicted octanol–water partition coefficient (Wildman–Crippen LogP) is 4.46. The van der Waals surface area contributed by atoms with Gasteiger partial charge in [-0.2, -0.15) is 0 Å². The molecule has 168 valence electrons. The molecular weight excluding hydrogens is 374 g/mol. The standard InChI is InChI=1S/C25H41N3O2/c1-7-19(3)16-20(4)10-9-13-26-21(5)24-17-27(22(6)29)14-11-25(24)28(8-2)23-12-15-30-18-23/h8-10,19-20,23,26H,2,5,7,11-18H2,1,3-4,6H3/b10-9-. The number of allylic oxidation sites excluding steroid dienone is 1. The molecule has 5 nitrogen and oxygen atoms in total. The zero-order chi connectivity index (χ0) is 22.1. The second-order valence-electron chi connectivity index (χ2n) is 8.74. The highest BCUT2D eigenvalue weighted by atomic mass is 16.5. The van der Waals surface area contributed by atoms with Crippen LogP contribution < -0.4 is 5.32 Å². The second kappa shape index (κ2) is 12.0. The zero-order valence-electron chi connectivity index (χ0n) is 19.5. The summed E-state index contributed by atoms with van der Waals surface area (Å²) >= 11 is 0. The number of hydrogen-bond acceptors (Lipinski definition) is 4. The Hall–Kier alpha value is -2.01. The monoisotopic (exact) mass is 415 g/mol. The van der Waals surface area contributed by atoms with Gasteiger partial charge in [0, 0.05) is 56.6 Å². The minimum absolute atomic E-state index is 0.104. The minimum Gasteiger partial charge on any atom is -0.382 e. The third kappa shape index (κ3) is 6.76. The largest absolute Gasteiger partial charge is 0.382 e. The Balaban J connectivity index is 2.08. The number of carbonyl (C=O) groups is 1. The van der Waals surface area contributed by atoms with Gasteiger partial charge in [-0.15, -0.1) is 0 Å². The van der Waals surface area contributed by atoms with E-state index in [0.29, 0.717) is 18.5 Å². The first-order valence-corrected chi connectivity index (χ1v) is 11.4. The van der Waals surface area contributed by atoms with Crippen molar-refractivity contribution in [2.45, 2.75) is 59.4 Å². The fraction of sp³-hybridized carbons (Fsp3) is 0.640. The van der Waals surface area contributed by atoms with Gasteiger partial charge in [0.1, 0.15) is 0 Å². The Morgan fingerprint density at radius 3 is 2.80 bits per heavy atom. The fourth-order valence-electron chi connectivity index (χ4n) is 4.27. The van der Waals surface area contributed by atoms with Crippen LogP contribution in [0.3, 0.4) is 0 Å². The lowest BCUT2D eigenvalue weighted by molar-refractivity contribution is -0.128. The van der Waals surface area contributed by atoms with E-state index in [1.807, 2.05) is 11.1 Å². The summed E-state index contributed by atoms with van der Waals surface area (Å²) in [5.41, 5.74) is 3.20. The van der Waals surface area contributed by atoms with Crippen molar-refractivity contribution in [2.24, 2.45) is 11.8 Å². The lowest BCUT2D eigenvalue weighted by Gasteiger charge is -2.38. The predicted molar refractivity (Wildman–Crippen MR) is 125 cm³/mol. The Labute approximate surface area is 183 Å². The molecule has 2 rings (SSSR count). The van der Waals surface area contributed by atoms with Crippen LogP contribution >= 0.6 is 0 Å². The quantitative estimate of drug-likeness (QED) is 0.506. The molecule has 30 heavy (non-hydrogen) atoms. The van der Waals surface area contributed by atoms with Crippen LogP contribution in [0.25, 0.3) is 0 Å². The number of nitrogens with zero attached hydrogens (tertiary/aromatic N) is 2. The summed E-state index contributed by atoms with van der Waals surface area (Å²) in [4.78, 5) is 16.1. The molecular formula is C25H41N3O2. The van der Waals surface area contributed by atoms with Gasteiger partial charge in [0.05, 0.1) is 12.6 Å². The van der Waals surface area contributed by atoms with Crippen LogP contribution in [0.1, 0.15) is 53.4 Å². The number of carbonyl (C=O) groups excluding carboxylic acids is 1. The minimum atomic E-state index is 0.104. The van der Waals surface area contributed by atoms with Crippen molar-refractivity contribution >= 4 is 5.91 Å². The SMILES string of the molecule is C=CN(C1=C(C(=C)NC/C=C\C(C)CC(C)CC)CN(C(C)=O)CC1)C1CCOC1. The van der Waals surface area contributed by atoms with Crippen molar-refractivity contribution in [3.63, 3.8) is 0 Å². The first-order chi connectivity index (χ1) is 14.4. The van der Waals surface area contributed by atoms with E-state index in [9.17, 15) is 4.79 Å². The number of nitrogens with one attached hydrogen (secondary N) is 1. The summed E-state index contributed by atoms with van der Waals surface area (Å²) in [7, 11) is 0. The molecule has 1 fully saturated rings. The van der Waals surface area contributed by atoms with Crippen molar-refractivity contribution in [2.75, 3.05) is 32.8 Å². The topological polar surface area (TPSA) is 44.8 Å². The lowest BCUT2D eigenvalue weighted by Crippen LogP contribution is -2.42. The molecule has 3 unspecified atom stereocenters. The summed E-state index contributed by atoms with van der Waals surface area (Å²) < 4.78 is 5.60. The normalized spacial score (nSPS) is 21.6. The number of hydrogen-bond donors (Lipinski definition) is 1. The van der Waals surface area contributed by atoms with E-state index >= 15 is 0 Å². The second-order valence-corrected chi connectivity index (χ2v) is 8.74. The van der Waals surface area contributed by atoms with E-state index in [1.54, 1.807) is 6.92 Å². The van der Waals surface area contributed by atoms with Crippen molar-refractivity contribution in [1.82, 2.24) is 15.1 Å². The Bertz CT molecular complexity index is 661.